The van der Waals surface area contributed by atoms with Crippen LogP contribution < -0.4 is 5.32 Å². The zero-order chi connectivity index (χ0) is 14.9. The molecule has 1 atom stereocenters. The van der Waals surface area contributed by atoms with Gasteiger partial charge in [-0.15, -0.1) is 0 Å². The molecule has 114 valence electrons. The second-order valence-electron chi connectivity index (χ2n) is 6.49. The molecule has 2 heterocycles. The minimum absolute atomic E-state index is 0.118. The SMILES string of the molecule is Cc1cc(F)ccc1CN1CCCC2(CCNC2=O)CC1. The molecule has 2 aliphatic heterocycles. The van der Waals surface area contributed by atoms with Crippen LogP contribution in [-0.4, -0.2) is 30.4 Å². The van der Waals surface area contributed by atoms with Gasteiger partial charge in [-0.1, -0.05) is 6.07 Å². The Morgan fingerprint density at radius 1 is 1.29 bits per heavy atom. The van der Waals surface area contributed by atoms with Crippen molar-refractivity contribution in [3.8, 4) is 0 Å². The number of nitrogens with zero attached hydrogens (tertiary/aromatic N) is 1. The summed E-state index contributed by atoms with van der Waals surface area (Å²) in [7, 11) is 0. The highest BCUT2D eigenvalue weighted by Crippen LogP contribution is 2.38. The Kier molecular flexibility index (Phi) is 3.98. The van der Waals surface area contributed by atoms with Gasteiger partial charge in [0.25, 0.3) is 0 Å². The second-order valence-corrected chi connectivity index (χ2v) is 6.49. The van der Waals surface area contributed by atoms with E-state index in [9.17, 15) is 9.18 Å². The van der Waals surface area contributed by atoms with Gasteiger partial charge in [0.15, 0.2) is 0 Å². The van der Waals surface area contributed by atoms with Crippen molar-refractivity contribution in [1.29, 1.82) is 0 Å². The maximum atomic E-state index is 13.2. The lowest BCUT2D eigenvalue weighted by Crippen LogP contribution is -2.32. The predicted molar refractivity (Wildman–Crippen MR) is 80.3 cm³/mol. The molecule has 21 heavy (non-hydrogen) atoms. The van der Waals surface area contributed by atoms with E-state index in [0.717, 1.165) is 57.4 Å². The van der Waals surface area contributed by atoms with Crippen LogP contribution in [0, 0.1) is 18.2 Å². The first kappa shape index (κ1) is 14.5. The van der Waals surface area contributed by atoms with Crippen molar-refractivity contribution in [2.24, 2.45) is 5.41 Å². The summed E-state index contributed by atoms with van der Waals surface area (Å²) in [4.78, 5) is 14.5. The largest absolute Gasteiger partial charge is 0.356 e. The molecule has 0 aromatic heterocycles. The molecule has 4 heteroatoms. The molecule has 3 rings (SSSR count). The van der Waals surface area contributed by atoms with Crippen molar-refractivity contribution in [2.45, 2.75) is 39.2 Å². The van der Waals surface area contributed by atoms with Crippen molar-refractivity contribution < 1.29 is 9.18 Å². The van der Waals surface area contributed by atoms with E-state index in [4.69, 9.17) is 0 Å². The molecule has 1 N–H and O–H groups in total. The van der Waals surface area contributed by atoms with E-state index in [-0.39, 0.29) is 17.1 Å². The summed E-state index contributed by atoms with van der Waals surface area (Å²) in [5.74, 6) is 0.0796. The van der Waals surface area contributed by atoms with Crippen LogP contribution in [-0.2, 0) is 11.3 Å². The highest BCUT2D eigenvalue weighted by molar-refractivity contribution is 5.84. The summed E-state index contributed by atoms with van der Waals surface area (Å²) < 4.78 is 13.2. The average molecular weight is 290 g/mol. The van der Waals surface area contributed by atoms with Gasteiger partial charge in [0, 0.05) is 13.1 Å². The molecule has 1 spiro atoms. The Hall–Kier alpha value is -1.42. The fourth-order valence-corrected chi connectivity index (χ4v) is 3.68. The van der Waals surface area contributed by atoms with E-state index in [1.807, 2.05) is 13.0 Å². The molecule has 1 amide bonds. The van der Waals surface area contributed by atoms with E-state index in [0.29, 0.717) is 0 Å². The number of halogens is 1. The number of likely N-dealkylation sites (tertiary alicyclic amines) is 1. The minimum Gasteiger partial charge on any atom is -0.356 e. The summed E-state index contributed by atoms with van der Waals surface area (Å²) in [6.07, 6.45) is 3.99. The van der Waals surface area contributed by atoms with Crippen LogP contribution in [0.2, 0.25) is 0 Å². The predicted octanol–water partition coefficient (Wildman–Crippen LogP) is 2.63. The van der Waals surface area contributed by atoms with Crippen LogP contribution in [0.25, 0.3) is 0 Å². The number of benzene rings is 1. The third kappa shape index (κ3) is 2.95. The Morgan fingerprint density at radius 2 is 2.14 bits per heavy atom. The summed E-state index contributed by atoms with van der Waals surface area (Å²) in [6.45, 7) is 5.61. The van der Waals surface area contributed by atoms with Gasteiger partial charge in [-0.2, -0.15) is 0 Å². The maximum absolute atomic E-state index is 13.2. The molecule has 0 saturated carbocycles. The number of rotatable bonds is 2. The minimum atomic E-state index is -0.173. The third-order valence-electron chi connectivity index (χ3n) is 5.11. The summed E-state index contributed by atoms with van der Waals surface area (Å²) in [6, 6.07) is 5.01. The molecule has 1 aromatic carbocycles. The number of nitrogens with one attached hydrogen (secondary N) is 1. The third-order valence-corrected chi connectivity index (χ3v) is 5.11. The standard InChI is InChI=1S/C17H23FN2O/c1-13-11-15(18)4-3-14(13)12-20-9-2-5-17(7-10-20)6-8-19-16(17)21/h3-4,11H,2,5-10,12H2,1H3,(H,19,21). The molecular weight excluding hydrogens is 267 g/mol. The van der Waals surface area contributed by atoms with Crippen molar-refractivity contribution in [1.82, 2.24) is 10.2 Å². The Labute approximate surface area is 125 Å². The quantitative estimate of drug-likeness (QED) is 0.908. The van der Waals surface area contributed by atoms with E-state index < -0.39 is 0 Å². The molecule has 3 nitrogen and oxygen atoms in total. The number of aryl methyl sites for hydroxylation is 1. The topological polar surface area (TPSA) is 32.3 Å². The normalized spacial score (nSPS) is 26.9. The van der Waals surface area contributed by atoms with Crippen molar-refractivity contribution >= 4 is 5.91 Å². The van der Waals surface area contributed by atoms with Crippen molar-refractivity contribution in [3.05, 3.63) is 35.1 Å². The Morgan fingerprint density at radius 3 is 2.86 bits per heavy atom. The van der Waals surface area contributed by atoms with E-state index in [1.54, 1.807) is 6.07 Å². The number of carbonyl (C=O) groups excluding carboxylic acids is 1. The van der Waals surface area contributed by atoms with Crippen molar-refractivity contribution in [3.63, 3.8) is 0 Å². The van der Waals surface area contributed by atoms with Crippen LogP contribution in [0.4, 0.5) is 4.39 Å². The molecule has 0 radical (unpaired) electrons. The van der Waals surface area contributed by atoms with Gasteiger partial charge in [0.05, 0.1) is 5.41 Å². The summed E-state index contributed by atoms with van der Waals surface area (Å²) in [5, 5.41) is 2.99. The van der Waals surface area contributed by atoms with Gasteiger partial charge in [-0.05, 0) is 69.0 Å². The van der Waals surface area contributed by atoms with Gasteiger partial charge in [0.2, 0.25) is 5.91 Å². The lowest BCUT2D eigenvalue weighted by Gasteiger charge is -2.25. The van der Waals surface area contributed by atoms with E-state index in [1.165, 1.54) is 11.6 Å². The highest BCUT2D eigenvalue weighted by Gasteiger charge is 2.42. The van der Waals surface area contributed by atoms with Gasteiger partial charge in [-0.25, -0.2) is 4.39 Å². The molecule has 2 aliphatic rings. The summed E-state index contributed by atoms with van der Waals surface area (Å²) >= 11 is 0. The molecule has 1 unspecified atom stereocenters. The molecule has 2 fully saturated rings. The van der Waals surface area contributed by atoms with Crippen LogP contribution in [0.5, 0.6) is 0 Å². The van der Waals surface area contributed by atoms with Gasteiger partial charge in [0.1, 0.15) is 5.82 Å². The van der Waals surface area contributed by atoms with Crippen LogP contribution in [0.3, 0.4) is 0 Å². The van der Waals surface area contributed by atoms with Gasteiger partial charge >= 0.3 is 0 Å². The summed E-state index contributed by atoms with van der Waals surface area (Å²) in [5.41, 5.74) is 2.07. The first-order chi connectivity index (χ1) is 10.1. The molecule has 0 aliphatic carbocycles. The Bertz CT molecular complexity index is 546. The number of carbonyl (C=O) groups is 1. The second kappa shape index (κ2) is 5.76. The Balaban J connectivity index is 1.66. The lowest BCUT2D eigenvalue weighted by molar-refractivity contribution is -0.128. The molecule has 0 bridgehead atoms. The lowest BCUT2D eigenvalue weighted by atomic mass is 9.79. The van der Waals surface area contributed by atoms with Crippen LogP contribution in [0.1, 0.15) is 36.8 Å². The van der Waals surface area contributed by atoms with Gasteiger partial charge in [-0.3, -0.25) is 9.69 Å². The van der Waals surface area contributed by atoms with Gasteiger partial charge < -0.3 is 5.32 Å². The first-order valence-corrected chi connectivity index (χ1v) is 7.85. The molecule has 1 aromatic rings. The van der Waals surface area contributed by atoms with E-state index >= 15 is 0 Å². The molecular formula is C17H23FN2O. The maximum Gasteiger partial charge on any atom is 0.226 e. The zero-order valence-corrected chi connectivity index (χ0v) is 12.6. The molecule has 2 saturated heterocycles. The van der Waals surface area contributed by atoms with Crippen molar-refractivity contribution in [2.75, 3.05) is 19.6 Å². The van der Waals surface area contributed by atoms with E-state index in [2.05, 4.69) is 10.2 Å². The van der Waals surface area contributed by atoms with Crippen LogP contribution >= 0.6 is 0 Å². The zero-order valence-electron chi connectivity index (χ0n) is 12.6. The number of hydrogen-bond acceptors (Lipinski definition) is 2. The highest BCUT2D eigenvalue weighted by atomic mass is 19.1. The fraction of sp³-hybridized carbons (Fsp3) is 0.588. The fourth-order valence-electron chi connectivity index (χ4n) is 3.68. The number of amides is 1. The monoisotopic (exact) mass is 290 g/mol. The number of hydrogen-bond donors (Lipinski definition) is 1. The average Bonchev–Trinajstić information content (AvgIpc) is 2.68. The smallest absolute Gasteiger partial charge is 0.226 e. The first-order valence-electron chi connectivity index (χ1n) is 7.85. The van der Waals surface area contributed by atoms with Crippen LogP contribution in [0.15, 0.2) is 18.2 Å².